The third-order valence-electron chi connectivity index (χ3n) is 2.80. The van der Waals surface area contributed by atoms with Gasteiger partial charge in [-0.1, -0.05) is 12.1 Å². The van der Waals surface area contributed by atoms with Crippen molar-refractivity contribution in [2.75, 3.05) is 0 Å². The maximum absolute atomic E-state index is 12.4. The van der Waals surface area contributed by atoms with Crippen molar-refractivity contribution in [1.29, 1.82) is 0 Å². The Morgan fingerprint density at radius 1 is 1.45 bits per heavy atom. The first-order valence-corrected chi connectivity index (χ1v) is 7.43. The number of rotatable bonds is 5. The molecule has 1 unspecified atom stereocenters. The van der Waals surface area contributed by atoms with Gasteiger partial charge in [-0.2, -0.15) is 18.2 Å². The number of carbonyl (C=O) groups excluding carboxylic acids is 1. The number of alkyl halides is 3. The van der Waals surface area contributed by atoms with Gasteiger partial charge >= 0.3 is 12.1 Å². The molecule has 0 saturated heterocycles. The summed E-state index contributed by atoms with van der Waals surface area (Å²) in [7, 11) is 0. The summed E-state index contributed by atoms with van der Waals surface area (Å²) in [6.45, 7) is 3.71. The van der Waals surface area contributed by atoms with E-state index in [2.05, 4.69) is 20.0 Å². The van der Waals surface area contributed by atoms with Crippen LogP contribution in [-0.2, 0) is 11.0 Å². The average molecular weight is 333 g/mol. The Morgan fingerprint density at radius 3 is 2.77 bits per heavy atom. The van der Waals surface area contributed by atoms with Crippen LogP contribution < -0.4 is 5.32 Å². The van der Waals surface area contributed by atoms with Crippen LogP contribution in [-0.4, -0.2) is 16.0 Å². The number of carbonyl (C=O) groups is 1. The number of amides is 1. The molecule has 2 heterocycles. The molecule has 0 fully saturated rings. The molecule has 0 saturated carbocycles. The van der Waals surface area contributed by atoms with Crippen LogP contribution in [0.1, 0.15) is 43.5 Å². The van der Waals surface area contributed by atoms with E-state index in [1.54, 1.807) is 19.1 Å². The molecule has 0 spiro atoms. The Balaban J connectivity index is 2.11. The summed E-state index contributed by atoms with van der Waals surface area (Å²) in [6.07, 6.45) is -3.48. The third kappa shape index (κ3) is 3.85. The van der Waals surface area contributed by atoms with Gasteiger partial charge in [0.2, 0.25) is 11.7 Å². The summed E-state index contributed by atoms with van der Waals surface area (Å²) in [5.74, 6) is -1.55. The highest BCUT2D eigenvalue weighted by Gasteiger charge is 2.38. The zero-order valence-corrected chi connectivity index (χ0v) is 12.7. The van der Waals surface area contributed by atoms with Gasteiger partial charge in [-0.3, -0.25) is 4.79 Å². The SMILES string of the molecule is CCCC(=O)NC(C)c1ccc(-c2noc(C(F)(F)F)n2)s1. The van der Waals surface area contributed by atoms with Crippen molar-refractivity contribution in [3.05, 3.63) is 22.9 Å². The second-order valence-electron chi connectivity index (χ2n) is 4.66. The topological polar surface area (TPSA) is 68.0 Å². The first kappa shape index (κ1) is 16.5. The Labute approximate surface area is 128 Å². The third-order valence-corrected chi connectivity index (χ3v) is 4.06. The van der Waals surface area contributed by atoms with E-state index < -0.39 is 12.1 Å². The van der Waals surface area contributed by atoms with E-state index in [0.717, 1.165) is 11.3 Å². The van der Waals surface area contributed by atoms with E-state index in [0.29, 0.717) is 11.3 Å². The van der Waals surface area contributed by atoms with Crippen LogP contribution >= 0.6 is 11.3 Å². The maximum atomic E-state index is 12.4. The maximum Gasteiger partial charge on any atom is 0.471 e. The van der Waals surface area contributed by atoms with Crippen molar-refractivity contribution in [2.24, 2.45) is 0 Å². The molecule has 0 aromatic carbocycles. The van der Waals surface area contributed by atoms with E-state index in [9.17, 15) is 18.0 Å². The Bertz CT molecular complexity index is 651. The molecule has 2 rings (SSSR count). The Kier molecular flexibility index (Phi) is 4.84. The van der Waals surface area contributed by atoms with Gasteiger partial charge in [0.25, 0.3) is 0 Å². The molecule has 9 heteroatoms. The average Bonchev–Trinajstić information content (AvgIpc) is 3.07. The molecule has 2 aromatic heterocycles. The van der Waals surface area contributed by atoms with E-state index in [4.69, 9.17) is 0 Å². The monoisotopic (exact) mass is 333 g/mol. The second kappa shape index (κ2) is 6.47. The van der Waals surface area contributed by atoms with Gasteiger partial charge in [0, 0.05) is 11.3 Å². The van der Waals surface area contributed by atoms with E-state index >= 15 is 0 Å². The zero-order chi connectivity index (χ0) is 16.3. The van der Waals surface area contributed by atoms with Crippen LogP contribution in [0.2, 0.25) is 0 Å². The van der Waals surface area contributed by atoms with Crippen LogP contribution in [0.3, 0.4) is 0 Å². The van der Waals surface area contributed by atoms with Crippen LogP contribution in [0.15, 0.2) is 16.7 Å². The fourth-order valence-corrected chi connectivity index (χ4v) is 2.69. The molecular formula is C13H14F3N3O2S. The molecule has 0 aliphatic heterocycles. The van der Waals surface area contributed by atoms with E-state index in [1.807, 2.05) is 6.92 Å². The van der Waals surface area contributed by atoms with Gasteiger partial charge in [-0.25, -0.2) is 0 Å². The highest BCUT2D eigenvalue weighted by atomic mass is 32.1. The quantitative estimate of drug-likeness (QED) is 0.904. The predicted molar refractivity (Wildman–Crippen MR) is 74.1 cm³/mol. The van der Waals surface area contributed by atoms with Crippen LogP contribution in [0.4, 0.5) is 13.2 Å². The van der Waals surface area contributed by atoms with E-state index in [1.165, 1.54) is 11.3 Å². The highest BCUT2D eigenvalue weighted by Crippen LogP contribution is 2.33. The molecule has 0 bridgehead atoms. The highest BCUT2D eigenvalue weighted by molar-refractivity contribution is 7.15. The molecule has 22 heavy (non-hydrogen) atoms. The van der Waals surface area contributed by atoms with Crippen molar-refractivity contribution in [2.45, 2.75) is 38.9 Å². The first-order valence-electron chi connectivity index (χ1n) is 6.61. The number of halogens is 3. The summed E-state index contributed by atoms with van der Waals surface area (Å²) in [6, 6.07) is 3.10. The normalized spacial score (nSPS) is 13.1. The summed E-state index contributed by atoms with van der Waals surface area (Å²) < 4.78 is 41.5. The zero-order valence-electron chi connectivity index (χ0n) is 11.9. The van der Waals surface area contributed by atoms with Crippen LogP contribution in [0.25, 0.3) is 10.7 Å². The minimum absolute atomic E-state index is 0.0659. The Morgan fingerprint density at radius 2 is 2.18 bits per heavy atom. The fourth-order valence-electron chi connectivity index (χ4n) is 1.76. The largest absolute Gasteiger partial charge is 0.471 e. The first-order chi connectivity index (χ1) is 10.3. The predicted octanol–water partition coefficient (Wildman–Crippen LogP) is 3.79. The lowest BCUT2D eigenvalue weighted by molar-refractivity contribution is -0.159. The van der Waals surface area contributed by atoms with Gasteiger partial charge < -0.3 is 9.84 Å². The molecule has 0 radical (unpaired) electrons. The lowest BCUT2D eigenvalue weighted by Crippen LogP contribution is -2.25. The number of nitrogens with one attached hydrogen (secondary N) is 1. The molecule has 5 nitrogen and oxygen atoms in total. The van der Waals surface area contributed by atoms with Crippen LogP contribution in [0, 0.1) is 0 Å². The lowest BCUT2D eigenvalue weighted by atomic mass is 10.2. The molecule has 2 aromatic rings. The van der Waals surface area contributed by atoms with Crippen molar-refractivity contribution < 1.29 is 22.5 Å². The minimum atomic E-state index is -4.66. The van der Waals surface area contributed by atoms with Crippen molar-refractivity contribution in [3.8, 4) is 10.7 Å². The Hall–Kier alpha value is -1.90. The minimum Gasteiger partial charge on any atom is -0.349 e. The number of nitrogens with zero attached hydrogens (tertiary/aromatic N) is 2. The number of thiophene rings is 1. The van der Waals surface area contributed by atoms with E-state index in [-0.39, 0.29) is 17.8 Å². The molecule has 0 aliphatic carbocycles. The molecule has 1 N–H and O–H groups in total. The van der Waals surface area contributed by atoms with Gasteiger partial charge in [0.1, 0.15) is 0 Å². The number of hydrogen-bond donors (Lipinski definition) is 1. The van der Waals surface area contributed by atoms with Gasteiger partial charge in [0.15, 0.2) is 0 Å². The van der Waals surface area contributed by atoms with Crippen LogP contribution in [0.5, 0.6) is 0 Å². The molecule has 1 amide bonds. The molecule has 1 atom stereocenters. The lowest BCUT2D eigenvalue weighted by Gasteiger charge is -2.11. The summed E-state index contributed by atoms with van der Waals surface area (Å²) in [5, 5.41) is 6.15. The van der Waals surface area contributed by atoms with Crippen molar-refractivity contribution in [1.82, 2.24) is 15.5 Å². The number of hydrogen-bond acceptors (Lipinski definition) is 5. The smallest absolute Gasteiger partial charge is 0.349 e. The van der Waals surface area contributed by atoms with Gasteiger partial charge in [-0.15, -0.1) is 11.3 Å². The van der Waals surface area contributed by atoms with Crippen molar-refractivity contribution >= 4 is 17.2 Å². The standard InChI is InChI=1S/C13H14F3N3O2S/c1-3-4-10(20)17-7(2)8-5-6-9(22-8)11-18-12(21-19-11)13(14,15)16/h5-7H,3-4H2,1-2H3,(H,17,20). The number of aromatic nitrogens is 2. The molecule has 120 valence electrons. The summed E-state index contributed by atoms with van der Waals surface area (Å²) in [5.41, 5.74) is 0. The molecular weight excluding hydrogens is 319 g/mol. The second-order valence-corrected chi connectivity index (χ2v) is 5.78. The fraction of sp³-hybridized carbons (Fsp3) is 0.462. The summed E-state index contributed by atoms with van der Waals surface area (Å²) >= 11 is 1.21. The van der Waals surface area contributed by atoms with Crippen molar-refractivity contribution in [3.63, 3.8) is 0 Å². The molecule has 0 aliphatic rings. The van der Waals surface area contributed by atoms with Gasteiger partial charge in [0.05, 0.1) is 10.9 Å². The van der Waals surface area contributed by atoms with Gasteiger partial charge in [-0.05, 0) is 25.5 Å². The summed E-state index contributed by atoms with van der Waals surface area (Å²) in [4.78, 5) is 16.1.